The third-order valence-electron chi connectivity index (χ3n) is 4.00. The van der Waals surface area contributed by atoms with Crippen LogP contribution in [0.1, 0.15) is 31.2 Å². The van der Waals surface area contributed by atoms with Gasteiger partial charge in [0.2, 0.25) is 0 Å². The maximum absolute atomic E-state index is 12.2. The lowest BCUT2D eigenvalue weighted by Crippen LogP contribution is -2.23. The van der Waals surface area contributed by atoms with E-state index in [-0.39, 0.29) is 17.2 Å². The quantitative estimate of drug-likeness (QED) is 0.509. The Balaban J connectivity index is 1.57. The van der Waals surface area contributed by atoms with Gasteiger partial charge in [-0.1, -0.05) is 18.2 Å². The number of ether oxygens (including phenoxy) is 1. The molecule has 0 fully saturated rings. The van der Waals surface area contributed by atoms with Crippen molar-refractivity contribution in [2.45, 2.75) is 0 Å². The molecular weight excluding hydrogens is 374 g/mol. The molecule has 0 saturated heterocycles. The fourth-order valence-electron chi connectivity index (χ4n) is 2.43. The van der Waals surface area contributed by atoms with Crippen LogP contribution in [0.25, 0.3) is 0 Å². The van der Waals surface area contributed by atoms with Gasteiger partial charge in [-0.05, 0) is 42.5 Å². The Morgan fingerprint density at radius 3 is 2.28 bits per heavy atom. The molecule has 2 aromatic carbocycles. The monoisotopic (exact) mass is 391 g/mol. The van der Waals surface area contributed by atoms with Crippen molar-refractivity contribution in [3.8, 4) is 0 Å². The number of ketones is 1. The van der Waals surface area contributed by atoms with Crippen LogP contribution in [0.5, 0.6) is 0 Å². The number of hydrogen-bond donors (Lipinski definition) is 1. The summed E-state index contributed by atoms with van der Waals surface area (Å²) in [5.41, 5.74) is 0.938. The van der Waals surface area contributed by atoms with Gasteiger partial charge >= 0.3 is 5.97 Å². The summed E-state index contributed by atoms with van der Waals surface area (Å²) in [5, 5.41) is 6.50. The number of benzene rings is 2. The van der Waals surface area contributed by atoms with E-state index in [0.717, 1.165) is 4.68 Å². The predicted molar refractivity (Wildman–Crippen MR) is 105 cm³/mol. The second kappa shape index (κ2) is 8.75. The van der Waals surface area contributed by atoms with E-state index < -0.39 is 18.4 Å². The molecule has 0 aliphatic heterocycles. The summed E-state index contributed by atoms with van der Waals surface area (Å²) in [6.07, 6.45) is 0. The van der Waals surface area contributed by atoms with Crippen LogP contribution >= 0.6 is 0 Å². The molecule has 8 nitrogen and oxygen atoms in total. The normalized spacial score (nSPS) is 10.2. The number of nitrogens with one attached hydrogen (secondary N) is 1. The smallest absolute Gasteiger partial charge is 0.359 e. The van der Waals surface area contributed by atoms with Gasteiger partial charge in [-0.15, -0.1) is 0 Å². The van der Waals surface area contributed by atoms with Gasteiger partial charge < -0.3 is 10.1 Å². The third-order valence-corrected chi connectivity index (χ3v) is 4.00. The molecule has 1 heterocycles. The first-order chi connectivity index (χ1) is 13.9. The Labute approximate surface area is 165 Å². The van der Waals surface area contributed by atoms with E-state index in [1.54, 1.807) is 36.4 Å². The minimum atomic E-state index is -0.805. The van der Waals surface area contributed by atoms with Gasteiger partial charge in [-0.25, -0.2) is 9.48 Å². The number of nitrogens with zero attached hydrogens (tertiary/aromatic N) is 2. The lowest BCUT2D eigenvalue weighted by Gasteiger charge is -2.07. The molecule has 1 N–H and O–H groups in total. The minimum Gasteiger partial charge on any atom is -0.453 e. The number of rotatable bonds is 6. The molecule has 0 spiro atoms. The van der Waals surface area contributed by atoms with Crippen molar-refractivity contribution in [3.63, 3.8) is 0 Å². The van der Waals surface area contributed by atoms with Crippen LogP contribution in [0.2, 0.25) is 0 Å². The first kappa shape index (κ1) is 19.7. The van der Waals surface area contributed by atoms with Gasteiger partial charge in [0.05, 0.1) is 0 Å². The summed E-state index contributed by atoms with van der Waals surface area (Å²) in [7, 11) is 1.41. The SMILES string of the molecule is Cn1nc(C(=O)OCC(=O)c2ccc(NC(=O)c3ccccc3)cc2)ccc1=O. The molecule has 0 aliphatic rings. The first-order valence-electron chi connectivity index (χ1n) is 8.65. The molecule has 0 radical (unpaired) electrons. The van der Waals surface area contributed by atoms with Gasteiger partial charge in [-0.2, -0.15) is 5.10 Å². The van der Waals surface area contributed by atoms with E-state index in [2.05, 4.69) is 10.4 Å². The third kappa shape index (κ3) is 5.01. The van der Waals surface area contributed by atoms with Crippen LogP contribution < -0.4 is 10.9 Å². The van der Waals surface area contributed by atoms with Gasteiger partial charge in [-0.3, -0.25) is 14.4 Å². The highest BCUT2D eigenvalue weighted by atomic mass is 16.5. The van der Waals surface area contributed by atoms with E-state index in [9.17, 15) is 19.2 Å². The highest BCUT2D eigenvalue weighted by Crippen LogP contribution is 2.12. The zero-order valence-corrected chi connectivity index (χ0v) is 15.5. The Kier molecular flexibility index (Phi) is 5.94. The Hall–Kier alpha value is -4.07. The van der Waals surface area contributed by atoms with Crippen LogP contribution in [-0.4, -0.2) is 34.0 Å². The van der Waals surface area contributed by atoms with E-state index >= 15 is 0 Å². The van der Waals surface area contributed by atoms with Crippen LogP contribution in [-0.2, 0) is 11.8 Å². The average molecular weight is 391 g/mol. The number of amides is 1. The molecule has 0 saturated carbocycles. The summed E-state index contributed by atoms with van der Waals surface area (Å²) in [6, 6.07) is 17.4. The van der Waals surface area contributed by atoms with Gasteiger partial charge in [0.1, 0.15) is 0 Å². The van der Waals surface area contributed by atoms with Gasteiger partial charge in [0.15, 0.2) is 18.1 Å². The average Bonchev–Trinajstić information content (AvgIpc) is 2.74. The molecule has 0 unspecified atom stereocenters. The van der Waals surface area contributed by atoms with Crippen LogP contribution in [0, 0.1) is 0 Å². The molecule has 3 rings (SSSR count). The summed E-state index contributed by atoms with van der Waals surface area (Å²) in [6.45, 7) is -0.473. The summed E-state index contributed by atoms with van der Waals surface area (Å²) < 4.78 is 5.96. The van der Waals surface area contributed by atoms with E-state index in [4.69, 9.17) is 4.74 Å². The molecule has 0 aliphatic carbocycles. The van der Waals surface area contributed by atoms with Gasteiger partial charge in [0, 0.05) is 29.9 Å². The fraction of sp³-hybridized carbons (Fsp3) is 0.0952. The van der Waals surface area contributed by atoms with Gasteiger partial charge in [0.25, 0.3) is 11.5 Å². The van der Waals surface area contributed by atoms with Crippen LogP contribution in [0.4, 0.5) is 5.69 Å². The van der Waals surface area contributed by atoms with Crippen molar-refractivity contribution in [1.82, 2.24) is 9.78 Å². The number of aromatic nitrogens is 2. The van der Waals surface area contributed by atoms with E-state index in [1.807, 2.05) is 6.07 Å². The van der Waals surface area contributed by atoms with E-state index in [0.29, 0.717) is 16.8 Å². The zero-order chi connectivity index (χ0) is 20.8. The number of aryl methyl sites for hydroxylation is 1. The number of hydrogen-bond acceptors (Lipinski definition) is 6. The Bertz CT molecular complexity index is 1110. The molecular formula is C21H17N3O5. The molecule has 1 amide bonds. The second-order valence-corrected chi connectivity index (χ2v) is 6.08. The van der Waals surface area contributed by atoms with Crippen LogP contribution in [0.15, 0.2) is 71.5 Å². The zero-order valence-electron chi connectivity index (χ0n) is 15.5. The molecule has 29 heavy (non-hydrogen) atoms. The topological polar surface area (TPSA) is 107 Å². The van der Waals surface area contributed by atoms with Crippen LogP contribution in [0.3, 0.4) is 0 Å². The highest BCUT2D eigenvalue weighted by molar-refractivity contribution is 6.04. The van der Waals surface area contributed by atoms with Crippen molar-refractivity contribution < 1.29 is 19.1 Å². The summed E-state index contributed by atoms with van der Waals surface area (Å²) >= 11 is 0. The lowest BCUT2D eigenvalue weighted by atomic mass is 10.1. The Morgan fingerprint density at radius 2 is 1.62 bits per heavy atom. The number of Topliss-reactive ketones (excluding diaryl/α,β-unsaturated/α-hetero) is 1. The molecule has 1 aromatic heterocycles. The van der Waals surface area contributed by atoms with Crippen molar-refractivity contribution >= 4 is 23.3 Å². The largest absolute Gasteiger partial charge is 0.453 e. The second-order valence-electron chi connectivity index (χ2n) is 6.08. The predicted octanol–water partition coefficient (Wildman–Crippen LogP) is 2.07. The number of carbonyl (C=O) groups excluding carboxylic acids is 3. The number of esters is 1. The maximum Gasteiger partial charge on any atom is 0.359 e. The highest BCUT2D eigenvalue weighted by Gasteiger charge is 2.14. The van der Waals surface area contributed by atoms with E-state index in [1.165, 1.54) is 31.3 Å². The molecule has 8 heteroatoms. The Morgan fingerprint density at radius 1 is 0.931 bits per heavy atom. The number of anilines is 1. The fourth-order valence-corrected chi connectivity index (χ4v) is 2.43. The molecule has 146 valence electrons. The maximum atomic E-state index is 12.2. The van der Waals surface area contributed by atoms with Crippen molar-refractivity contribution in [3.05, 3.63) is 93.9 Å². The first-order valence-corrected chi connectivity index (χ1v) is 8.65. The summed E-state index contributed by atoms with van der Waals surface area (Å²) in [5.74, 6) is -1.48. The molecule has 0 atom stereocenters. The standard InChI is InChI=1S/C21H17N3O5/c1-24-19(26)12-11-17(23-24)21(28)29-13-18(25)14-7-9-16(10-8-14)22-20(27)15-5-3-2-4-6-15/h2-12H,13H2,1H3,(H,22,27). The van der Waals surface area contributed by atoms with Crippen molar-refractivity contribution in [2.24, 2.45) is 7.05 Å². The van der Waals surface area contributed by atoms with Crippen molar-refractivity contribution in [2.75, 3.05) is 11.9 Å². The van der Waals surface area contributed by atoms with Crippen molar-refractivity contribution in [1.29, 1.82) is 0 Å². The molecule has 0 bridgehead atoms. The minimum absolute atomic E-state index is 0.0705. The number of carbonyl (C=O) groups is 3. The molecule has 3 aromatic rings. The lowest BCUT2D eigenvalue weighted by molar-refractivity contribution is 0.0466. The summed E-state index contributed by atoms with van der Waals surface area (Å²) in [4.78, 5) is 47.6.